The normalized spacial score (nSPS) is 16.3. The smallest absolute Gasteiger partial charge is 0.294 e. The summed E-state index contributed by atoms with van der Waals surface area (Å²) < 4.78 is 13.9. The van der Waals surface area contributed by atoms with E-state index in [1.807, 2.05) is 0 Å². The number of halogens is 2. The van der Waals surface area contributed by atoms with Gasteiger partial charge in [-0.25, -0.2) is 4.39 Å². The van der Waals surface area contributed by atoms with Crippen molar-refractivity contribution in [1.82, 2.24) is 0 Å². The molecular formula is C10H7BrFNO2. The molecule has 3 nitrogen and oxygen atoms in total. The molecule has 2 rings (SSSR count). The minimum absolute atomic E-state index is 0.147. The maximum Gasteiger partial charge on any atom is 0.294 e. The number of carbonyl (C=O) groups is 2. The third-order valence-corrected chi connectivity index (χ3v) is 2.89. The Labute approximate surface area is 94.0 Å². The van der Waals surface area contributed by atoms with Crippen molar-refractivity contribution in [2.45, 2.75) is 6.42 Å². The highest BCUT2D eigenvalue weighted by atomic mass is 79.9. The number of rotatable bonds is 1. The first-order chi connectivity index (χ1) is 7.11. The first-order valence-corrected chi connectivity index (χ1v) is 5.19. The standard InChI is InChI=1S/C10H7BrFNO2/c11-6-2-1-3-7(12)9(6)13-5-4-8(14)10(13)15/h1-3H,4-5H2. The zero-order chi connectivity index (χ0) is 11.0. The first kappa shape index (κ1) is 10.3. The molecule has 15 heavy (non-hydrogen) atoms. The van der Waals surface area contributed by atoms with Crippen molar-refractivity contribution in [3.05, 3.63) is 28.5 Å². The van der Waals surface area contributed by atoms with E-state index < -0.39 is 17.5 Å². The second-order valence-corrected chi connectivity index (χ2v) is 4.05. The lowest BCUT2D eigenvalue weighted by Gasteiger charge is -2.16. The summed E-state index contributed by atoms with van der Waals surface area (Å²) in [5, 5.41) is 0. The van der Waals surface area contributed by atoms with Crippen molar-refractivity contribution in [1.29, 1.82) is 0 Å². The van der Waals surface area contributed by atoms with E-state index in [0.717, 1.165) is 0 Å². The van der Waals surface area contributed by atoms with Gasteiger partial charge in [0.25, 0.3) is 5.91 Å². The van der Waals surface area contributed by atoms with E-state index >= 15 is 0 Å². The Kier molecular flexibility index (Phi) is 2.56. The molecule has 0 N–H and O–H groups in total. The van der Waals surface area contributed by atoms with Crippen molar-refractivity contribution in [3.8, 4) is 0 Å². The fourth-order valence-electron chi connectivity index (χ4n) is 1.53. The van der Waals surface area contributed by atoms with Crippen LogP contribution in [0.5, 0.6) is 0 Å². The third kappa shape index (κ3) is 1.67. The topological polar surface area (TPSA) is 37.4 Å². The highest BCUT2D eigenvalue weighted by Crippen LogP contribution is 2.31. The average Bonchev–Trinajstić information content (AvgIpc) is 2.49. The summed E-state index contributed by atoms with van der Waals surface area (Å²) in [6, 6.07) is 4.43. The molecule has 1 fully saturated rings. The van der Waals surface area contributed by atoms with Crippen LogP contribution < -0.4 is 4.90 Å². The Hall–Kier alpha value is -1.23. The van der Waals surface area contributed by atoms with Gasteiger partial charge in [-0.2, -0.15) is 0 Å². The van der Waals surface area contributed by atoms with Gasteiger partial charge < -0.3 is 4.90 Å². The lowest BCUT2D eigenvalue weighted by molar-refractivity contribution is -0.133. The van der Waals surface area contributed by atoms with Gasteiger partial charge in [-0.3, -0.25) is 9.59 Å². The van der Waals surface area contributed by atoms with Gasteiger partial charge in [-0.1, -0.05) is 6.07 Å². The fraction of sp³-hybridized carbons (Fsp3) is 0.200. The van der Waals surface area contributed by atoms with E-state index in [0.29, 0.717) is 4.47 Å². The molecule has 0 spiro atoms. The Bertz CT molecular complexity index is 427. The number of ketones is 1. The highest BCUT2D eigenvalue weighted by molar-refractivity contribution is 9.10. The predicted octanol–water partition coefficient (Wildman–Crippen LogP) is 1.89. The summed E-state index contributed by atoms with van der Waals surface area (Å²) in [4.78, 5) is 23.6. The monoisotopic (exact) mass is 271 g/mol. The number of amides is 1. The van der Waals surface area contributed by atoms with Crippen LogP contribution in [-0.4, -0.2) is 18.2 Å². The molecule has 1 heterocycles. The number of anilines is 1. The molecule has 0 saturated carbocycles. The van der Waals surface area contributed by atoms with E-state index in [-0.39, 0.29) is 18.7 Å². The number of carbonyl (C=O) groups excluding carboxylic acids is 2. The van der Waals surface area contributed by atoms with Crippen LogP contribution in [0.4, 0.5) is 10.1 Å². The van der Waals surface area contributed by atoms with Crippen LogP contribution in [0.15, 0.2) is 22.7 Å². The zero-order valence-corrected chi connectivity index (χ0v) is 9.25. The van der Waals surface area contributed by atoms with Crippen molar-refractivity contribution < 1.29 is 14.0 Å². The molecule has 1 aliphatic rings. The summed E-state index contributed by atoms with van der Waals surface area (Å²) in [5.74, 6) is -1.61. The van der Waals surface area contributed by atoms with E-state index in [4.69, 9.17) is 0 Å². The number of hydrogen-bond acceptors (Lipinski definition) is 2. The third-order valence-electron chi connectivity index (χ3n) is 2.25. The Morgan fingerprint density at radius 3 is 2.60 bits per heavy atom. The molecule has 5 heteroatoms. The largest absolute Gasteiger partial charge is 0.302 e. The summed E-state index contributed by atoms with van der Waals surface area (Å²) in [6.07, 6.45) is 0.152. The maximum atomic E-state index is 13.5. The van der Waals surface area contributed by atoms with Crippen molar-refractivity contribution >= 4 is 33.3 Å². The van der Waals surface area contributed by atoms with E-state index in [9.17, 15) is 14.0 Å². The van der Waals surface area contributed by atoms with Gasteiger partial charge in [0.1, 0.15) is 5.82 Å². The average molecular weight is 272 g/mol. The quantitative estimate of drug-likeness (QED) is 0.732. The molecule has 0 bridgehead atoms. The Morgan fingerprint density at radius 2 is 2.07 bits per heavy atom. The number of nitrogens with zero attached hydrogens (tertiary/aromatic N) is 1. The van der Waals surface area contributed by atoms with E-state index in [1.54, 1.807) is 6.07 Å². The Balaban J connectivity index is 2.46. The van der Waals surface area contributed by atoms with Crippen LogP contribution in [0.3, 0.4) is 0 Å². The lowest BCUT2D eigenvalue weighted by Crippen LogP contribution is -2.28. The van der Waals surface area contributed by atoms with Crippen LogP contribution in [0.25, 0.3) is 0 Å². The van der Waals surface area contributed by atoms with Gasteiger partial charge in [-0.15, -0.1) is 0 Å². The Morgan fingerprint density at radius 1 is 1.33 bits per heavy atom. The second kappa shape index (κ2) is 3.73. The van der Waals surface area contributed by atoms with E-state index in [2.05, 4.69) is 15.9 Å². The molecule has 1 aromatic rings. The van der Waals surface area contributed by atoms with Gasteiger partial charge in [0.05, 0.1) is 5.69 Å². The molecule has 0 atom stereocenters. The van der Waals surface area contributed by atoms with Gasteiger partial charge >= 0.3 is 0 Å². The molecule has 1 saturated heterocycles. The number of benzene rings is 1. The van der Waals surface area contributed by atoms with Crippen molar-refractivity contribution in [3.63, 3.8) is 0 Å². The minimum atomic E-state index is -0.638. The molecule has 0 aromatic heterocycles. The van der Waals surface area contributed by atoms with Gasteiger partial charge in [0.15, 0.2) is 0 Å². The second-order valence-electron chi connectivity index (χ2n) is 3.20. The van der Waals surface area contributed by atoms with Crippen LogP contribution in [0.1, 0.15) is 6.42 Å². The molecular weight excluding hydrogens is 265 g/mol. The van der Waals surface area contributed by atoms with Gasteiger partial charge in [0.2, 0.25) is 5.78 Å². The van der Waals surface area contributed by atoms with Crippen molar-refractivity contribution in [2.24, 2.45) is 0 Å². The van der Waals surface area contributed by atoms with Crippen LogP contribution in [0, 0.1) is 5.82 Å². The van der Waals surface area contributed by atoms with Crippen LogP contribution in [-0.2, 0) is 9.59 Å². The highest BCUT2D eigenvalue weighted by Gasteiger charge is 2.32. The number of hydrogen-bond donors (Lipinski definition) is 0. The molecule has 1 aliphatic heterocycles. The zero-order valence-electron chi connectivity index (χ0n) is 7.67. The first-order valence-electron chi connectivity index (χ1n) is 4.40. The fourth-order valence-corrected chi connectivity index (χ4v) is 2.09. The molecule has 1 amide bonds. The predicted molar refractivity (Wildman–Crippen MR) is 56.1 cm³/mol. The lowest BCUT2D eigenvalue weighted by atomic mass is 10.3. The summed E-state index contributed by atoms with van der Waals surface area (Å²) in [6.45, 7) is 0.247. The van der Waals surface area contributed by atoms with Crippen molar-refractivity contribution in [2.75, 3.05) is 11.4 Å². The molecule has 1 aromatic carbocycles. The van der Waals surface area contributed by atoms with E-state index in [1.165, 1.54) is 17.0 Å². The van der Waals surface area contributed by atoms with Gasteiger partial charge in [0, 0.05) is 17.4 Å². The van der Waals surface area contributed by atoms with Crippen LogP contribution >= 0.6 is 15.9 Å². The maximum absolute atomic E-state index is 13.5. The molecule has 78 valence electrons. The van der Waals surface area contributed by atoms with Crippen LogP contribution in [0.2, 0.25) is 0 Å². The molecule has 0 radical (unpaired) electrons. The summed E-state index contributed by atoms with van der Waals surface area (Å²) in [5.41, 5.74) is 0.147. The summed E-state index contributed by atoms with van der Waals surface area (Å²) >= 11 is 3.16. The van der Waals surface area contributed by atoms with Gasteiger partial charge in [-0.05, 0) is 28.1 Å². The number of para-hydroxylation sites is 1. The minimum Gasteiger partial charge on any atom is -0.302 e. The SMILES string of the molecule is O=C1CCN(c2c(F)cccc2Br)C1=O. The molecule has 0 aliphatic carbocycles. The number of Topliss-reactive ketones (excluding diaryl/α,β-unsaturated/α-hetero) is 1. The molecule has 0 unspecified atom stereocenters. The summed E-state index contributed by atoms with van der Waals surface area (Å²) in [7, 11) is 0.